The van der Waals surface area contributed by atoms with Gasteiger partial charge in [0, 0.05) is 6.08 Å². The molecule has 0 saturated carbocycles. The Morgan fingerprint density at radius 1 is 1.28 bits per heavy atom. The van der Waals surface area contributed by atoms with Crippen molar-refractivity contribution in [2.24, 2.45) is 0 Å². The third kappa shape index (κ3) is 6.49. The van der Waals surface area contributed by atoms with E-state index in [9.17, 15) is 9.90 Å². The quantitative estimate of drug-likeness (QED) is 0.438. The molecule has 1 aliphatic rings. The Labute approximate surface area is 152 Å². The van der Waals surface area contributed by atoms with Crippen molar-refractivity contribution in [1.29, 1.82) is 0 Å². The van der Waals surface area contributed by atoms with Crippen molar-refractivity contribution in [3.63, 3.8) is 0 Å². The summed E-state index contributed by atoms with van der Waals surface area (Å²) < 4.78 is 22.6. The van der Waals surface area contributed by atoms with Crippen LogP contribution in [0.15, 0.2) is 12.2 Å². The van der Waals surface area contributed by atoms with E-state index >= 15 is 0 Å². The van der Waals surface area contributed by atoms with E-state index in [-0.39, 0.29) is 11.6 Å². The van der Waals surface area contributed by atoms with Crippen LogP contribution in [-0.4, -0.2) is 56.7 Å². The number of rotatable bonds is 6. The van der Waals surface area contributed by atoms with Crippen molar-refractivity contribution < 1.29 is 28.5 Å². The van der Waals surface area contributed by atoms with E-state index in [4.69, 9.17) is 18.6 Å². The Bertz CT molecular complexity index is 480. The highest BCUT2D eigenvalue weighted by molar-refractivity contribution is 6.74. The second-order valence-electron chi connectivity index (χ2n) is 8.31. The summed E-state index contributed by atoms with van der Waals surface area (Å²) in [5.74, 6) is -1.35. The summed E-state index contributed by atoms with van der Waals surface area (Å²) in [5.41, 5.74) is 0. The standard InChI is InChI=1S/C18H34O6Si/c1-9-21-15(19)11-10-13-16(20)14(24-18(5,6)23-13)12-22-25(7,8)17(2,3)4/h10-11,13-14,16,20H,9,12H2,1-8H3/b11-10+/t13-,14-,16+/m1/s1. The van der Waals surface area contributed by atoms with E-state index in [1.54, 1.807) is 20.8 Å². The maximum absolute atomic E-state index is 11.5. The molecular formula is C18H34O6Si. The number of hydrogen-bond donors (Lipinski definition) is 1. The fourth-order valence-electron chi connectivity index (χ4n) is 2.23. The molecular weight excluding hydrogens is 340 g/mol. The van der Waals surface area contributed by atoms with Gasteiger partial charge in [-0.25, -0.2) is 4.79 Å². The van der Waals surface area contributed by atoms with Crippen LogP contribution in [0, 0.1) is 0 Å². The minimum Gasteiger partial charge on any atom is -0.463 e. The molecule has 0 aromatic heterocycles. The summed E-state index contributed by atoms with van der Waals surface area (Å²) in [6.45, 7) is 16.7. The van der Waals surface area contributed by atoms with E-state index in [0.717, 1.165) is 0 Å². The van der Waals surface area contributed by atoms with Gasteiger partial charge >= 0.3 is 5.97 Å². The molecule has 3 atom stereocenters. The minimum atomic E-state index is -1.96. The van der Waals surface area contributed by atoms with E-state index in [2.05, 4.69) is 33.9 Å². The molecule has 0 amide bonds. The summed E-state index contributed by atoms with van der Waals surface area (Å²) in [5, 5.41) is 10.7. The molecule has 1 heterocycles. The number of carbonyl (C=O) groups is 1. The first-order valence-electron chi connectivity index (χ1n) is 8.81. The summed E-state index contributed by atoms with van der Waals surface area (Å²) >= 11 is 0. The van der Waals surface area contributed by atoms with Crippen LogP contribution in [-0.2, 0) is 23.4 Å². The molecule has 25 heavy (non-hydrogen) atoms. The predicted molar refractivity (Wildman–Crippen MR) is 98.8 cm³/mol. The first-order chi connectivity index (χ1) is 11.3. The van der Waals surface area contributed by atoms with Crippen LogP contribution in [0.2, 0.25) is 18.1 Å². The number of ether oxygens (including phenoxy) is 3. The number of hydrogen-bond acceptors (Lipinski definition) is 6. The lowest BCUT2D eigenvalue weighted by molar-refractivity contribution is -0.325. The van der Waals surface area contributed by atoms with Gasteiger partial charge in [-0.2, -0.15) is 0 Å². The number of esters is 1. The lowest BCUT2D eigenvalue weighted by Crippen LogP contribution is -2.56. The van der Waals surface area contributed by atoms with Crippen molar-refractivity contribution in [2.45, 2.75) is 83.8 Å². The van der Waals surface area contributed by atoms with Gasteiger partial charge in [-0.1, -0.05) is 20.8 Å². The molecule has 6 nitrogen and oxygen atoms in total. The lowest BCUT2D eigenvalue weighted by Gasteiger charge is -2.44. The van der Waals surface area contributed by atoms with E-state index in [1.165, 1.54) is 12.2 Å². The van der Waals surface area contributed by atoms with Gasteiger partial charge < -0.3 is 23.7 Å². The Kier molecular flexibility index (Phi) is 7.41. The van der Waals surface area contributed by atoms with Crippen LogP contribution in [0.5, 0.6) is 0 Å². The van der Waals surface area contributed by atoms with Crippen LogP contribution < -0.4 is 0 Å². The Morgan fingerprint density at radius 3 is 2.40 bits per heavy atom. The molecule has 1 rings (SSSR count). The fourth-order valence-corrected chi connectivity index (χ4v) is 3.24. The highest BCUT2D eigenvalue weighted by Crippen LogP contribution is 2.37. The van der Waals surface area contributed by atoms with E-state index in [0.29, 0.717) is 6.61 Å². The molecule has 0 unspecified atom stereocenters. The smallest absolute Gasteiger partial charge is 0.330 e. The molecule has 0 aliphatic carbocycles. The van der Waals surface area contributed by atoms with Gasteiger partial charge in [-0.15, -0.1) is 0 Å². The monoisotopic (exact) mass is 374 g/mol. The van der Waals surface area contributed by atoms with Gasteiger partial charge in [-0.3, -0.25) is 0 Å². The summed E-state index contributed by atoms with van der Waals surface area (Å²) in [4.78, 5) is 11.5. The molecule has 0 radical (unpaired) electrons. The normalized spacial score (nSPS) is 27.5. The van der Waals surface area contributed by atoms with Gasteiger partial charge in [0.25, 0.3) is 0 Å². The Hall–Kier alpha value is -0.733. The van der Waals surface area contributed by atoms with Crippen molar-refractivity contribution in [3.05, 3.63) is 12.2 Å². The SMILES string of the molecule is CCOC(=O)/C=C/[C@H]1OC(C)(C)O[C@H](CO[Si](C)(C)C(C)(C)C)[C@H]1O. The molecule has 0 aromatic rings. The molecule has 0 bridgehead atoms. The highest BCUT2D eigenvalue weighted by atomic mass is 28.4. The van der Waals surface area contributed by atoms with Crippen molar-refractivity contribution in [2.75, 3.05) is 13.2 Å². The van der Waals surface area contributed by atoms with Gasteiger partial charge in [0.1, 0.15) is 18.3 Å². The first kappa shape index (κ1) is 22.3. The highest BCUT2D eigenvalue weighted by Gasteiger charge is 2.44. The Morgan fingerprint density at radius 2 is 1.88 bits per heavy atom. The van der Waals surface area contributed by atoms with E-state index < -0.39 is 38.4 Å². The zero-order valence-electron chi connectivity index (χ0n) is 16.8. The number of aliphatic hydroxyl groups excluding tert-OH is 1. The molecule has 7 heteroatoms. The second-order valence-corrected chi connectivity index (χ2v) is 13.1. The molecule has 1 saturated heterocycles. The predicted octanol–water partition coefficient (Wildman–Crippen LogP) is 3.01. The summed E-state index contributed by atoms with van der Waals surface area (Å²) in [6, 6.07) is 0. The summed E-state index contributed by atoms with van der Waals surface area (Å²) in [7, 11) is -1.96. The zero-order valence-corrected chi connectivity index (χ0v) is 17.8. The van der Waals surface area contributed by atoms with Crippen LogP contribution in [0.1, 0.15) is 41.5 Å². The molecule has 146 valence electrons. The van der Waals surface area contributed by atoms with Gasteiger partial charge in [-0.05, 0) is 45.0 Å². The first-order valence-corrected chi connectivity index (χ1v) is 11.7. The van der Waals surface area contributed by atoms with Crippen LogP contribution >= 0.6 is 0 Å². The van der Waals surface area contributed by atoms with Gasteiger partial charge in [0.2, 0.25) is 0 Å². The topological polar surface area (TPSA) is 74.2 Å². The molecule has 0 spiro atoms. The molecule has 1 N–H and O–H groups in total. The van der Waals surface area contributed by atoms with Crippen LogP contribution in [0.4, 0.5) is 0 Å². The second kappa shape index (κ2) is 8.31. The third-order valence-corrected chi connectivity index (χ3v) is 9.20. The lowest BCUT2D eigenvalue weighted by atomic mass is 10.0. The zero-order chi connectivity index (χ0) is 19.5. The average Bonchev–Trinajstić information content (AvgIpc) is 2.45. The van der Waals surface area contributed by atoms with Crippen LogP contribution in [0.25, 0.3) is 0 Å². The molecule has 1 fully saturated rings. The maximum atomic E-state index is 11.5. The molecule has 1 aliphatic heterocycles. The average molecular weight is 375 g/mol. The van der Waals surface area contributed by atoms with Gasteiger partial charge in [0.15, 0.2) is 14.1 Å². The minimum absolute atomic E-state index is 0.0713. The third-order valence-electron chi connectivity index (χ3n) is 4.70. The van der Waals surface area contributed by atoms with Crippen molar-refractivity contribution >= 4 is 14.3 Å². The fraction of sp³-hybridized carbons (Fsp3) is 0.833. The Balaban J connectivity index is 2.81. The number of carbonyl (C=O) groups excluding carboxylic acids is 1. The largest absolute Gasteiger partial charge is 0.463 e. The van der Waals surface area contributed by atoms with Gasteiger partial charge in [0.05, 0.1) is 13.2 Å². The van der Waals surface area contributed by atoms with Crippen molar-refractivity contribution in [3.8, 4) is 0 Å². The van der Waals surface area contributed by atoms with Crippen LogP contribution in [0.3, 0.4) is 0 Å². The molecule has 0 aromatic carbocycles. The maximum Gasteiger partial charge on any atom is 0.330 e. The number of aliphatic hydroxyl groups is 1. The van der Waals surface area contributed by atoms with E-state index in [1.807, 2.05) is 0 Å². The van der Waals surface area contributed by atoms with Crippen molar-refractivity contribution in [1.82, 2.24) is 0 Å². The summed E-state index contributed by atoms with van der Waals surface area (Å²) in [6.07, 6.45) is 0.677.